The summed E-state index contributed by atoms with van der Waals surface area (Å²) in [6, 6.07) is 5.95. The van der Waals surface area contributed by atoms with Gasteiger partial charge in [0.25, 0.3) is 0 Å². The van der Waals surface area contributed by atoms with Gasteiger partial charge in [-0.2, -0.15) is 4.31 Å². The van der Waals surface area contributed by atoms with E-state index >= 15 is 0 Å². The highest BCUT2D eigenvalue weighted by molar-refractivity contribution is 7.89. The molecular weight excluding hydrogens is 324 g/mol. The second-order valence-electron chi connectivity index (χ2n) is 6.12. The first kappa shape index (κ1) is 17.0. The van der Waals surface area contributed by atoms with Crippen molar-refractivity contribution in [2.24, 2.45) is 0 Å². The number of hydrogen-bond donors (Lipinski definition) is 1. The zero-order chi connectivity index (χ0) is 17.2. The molecule has 0 saturated carbocycles. The average Bonchev–Trinajstić information content (AvgIpc) is 3.03. The number of fused-ring (bicyclic) bond motifs is 1. The molecule has 0 saturated heterocycles. The zero-order valence-corrected chi connectivity index (χ0v) is 15.0. The number of aromatic amines is 1. The van der Waals surface area contributed by atoms with E-state index in [2.05, 4.69) is 4.98 Å². The number of benzene rings is 1. The van der Waals surface area contributed by atoms with Gasteiger partial charge in [0.2, 0.25) is 10.0 Å². The van der Waals surface area contributed by atoms with Crippen molar-refractivity contribution in [1.82, 2.24) is 9.29 Å². The minimum absolute atomic E-state index is 0.247. The van der Waals surface area contributed by atoms with Gasteiger partial charge in [-0.25, -0.2) is 8.42 Å². The first-order valence-corrected chi connectivity index (χ1v) is 9.98. The normalized spacial score (nSPS) is 16.3. The summed E-state index contributed by atoms with van der Waals surface area (Å²) in [4.78, 5) is 3.28. The Morgan fingerprint density at radius 3 is 2.83 bits per heavy atom. The van der Waals surface area contributed by atoms with Crippen LogP contribution in [0.3, 0.4) is 0 Å². The second-order valence-corrected chi connectivity index (χ2v) is 8.21. The maximum atomic E-state index is 12.3. The van der Waals surface area contributed by atoms with Crippen LogP contribution in [0.1, 0.15) is 31.7 Å². The van der Waals surface area contributed by atoms with Crippen molar-refractivity contribution in [2.75, 3.05) is 26.0 Å². The van der Waals surface area contributed by atoms with Crippen LogP contribution >= 0.6 is 0 Å². The highest BCUT2D eigenvalue weighted by Crippen LogP contribution is 2.32. The lowest BCUT2D eigenvalue weighted by molar-refractivity contribution is 0.415. The van der Waals surface area contributed by atoms with Crippen LogP contribution in [0.15, 0.2) is 30.5 Å². The van der Waals surface area contributed by atoms with E-state index in [9.17, 15) is 8.42 Å². The summed E-state index contributed by atoms with van der Waals surface area (Å²) in [7, 11) is -1.47. The largest absolute Gasteiger partial charge is 0.497 e. The molecule has 5 nitrogen and oxygen atoms in total. The van der Waals surface area contributed by atoms with Gasteiger partial charge in [0, 0.05) is 35.8 Å². The lowest BCUT2D eigenvalue weighted by Crippen LogP contribution is -2.36. The SMILES string of the molecule is CCCCS(=O)(=O)N1CC=C(c2c[nH]c3ccc(OC)cc23)CC1. The van der Waals surface area contributed by atoms with E-state index in [1.165, 1.54) is 5.57 Å². The van der Waals surface area contributed by atoms with Crippen LogP contribution in [0.25, 0.3) is 16.5 Å². The molecule has 0 amide bonds. The fourth-order valence-electron chi connectivity index (χ4n) is 3.10. The van der Waals surface area contributed by atoms with Crippen molar-refractivity contribution in [3.8, 4) is 5.75 Å². The van der Waals surface area contributed by atoms with Crippen LogP contribution in [0.2, 0.25) is 0 Å². The highest BCUT2D eigenvalue weighted by Gasteiger charge is 2.24. The molecule has 0 spiro atoms. The van der Waals surface area contributed by atoms with Crippen molar-refractivity contribution in [3.63, 3.8) is 0 Å². The fourth-order valence-corrected chi connectivity index (χ4v) is 4.68. The Morgan fingerprint density at radius 1 is 1.33 bits per heavy atom. The molecule has 130 valence electrons. The predicted molar refractivity (Wildman–Crippen MR) is 97.7 cm³/mol. The third-order valence-corrected chi connectivity index (χ3v) is 6.48. The van der Waals surface area contributed by atoms with Gasteiger partial charge in [-0.15, -0.1) is 0 Å². The molecule has 2 aromatic rings. The molecule has 0 fully saturated rings. The summed E-state index contributed by atoms with van der Waals surface area (Å²) in [5.41, 5.74) is 3.38. The van der Waals surface area contributed by atoms with Gasteiger partial charge in [-0.3, -0.25) is 0 Å². The van der Waals surface area contributed by atoms with Crippen LogP contribution in [0, 0.1) is 0 Å². The van der Waals surface area contributed by atoms with Crippen molar-refractivity contribution in [3.05, 3.63) is 36.0 Å². The smallest absolute Gasteiger partial charge is 0.214 e. The predicted octanol–water partition coefficient (Wildman–Crippen LogP) is 3.40. The number of nitrogens with one attached hydrogen (secondary N) is 1. The van der Waals surface area contributed by atoms with Crippen molar-refractivity contribution >= 4 is 26.5 Å². The van der Waals surface area contributed by atoms with E-state index in [4.69, 9.17) is 4.74 Å². The first-order chi connectivity index (χ1) is 11.5. The molecule has 24 heavy (non-hydrogen) atoms. The number of ether oxygens (including phenoxy) is 1. The Morgan fingerprint density at radius 2 is 2.17 bits per heavy atom. The minimum Gasteiger partial charge on any atom is -0.497 e. The summed E-state index contributed by atoms with van der Waals surface area (Å²) in [5, 5.41) is 1.11. The highest BCUT2D eigenvalue weighted by atomic mass is 32.2. The quantitative estimate of drug-likeness (QED) is 0.870. The molecule has 1 aliphatic rings. The molecule has 0 aliphatic carbocycles. The third-order valence-electron chi connectivity index (χ3n) is 4.56. The summed E-state index contributed by atoms with van der Waals surface area (Å²) < 4.78 is 31.5. The molecule has 1 aromatic carbocycles. The molecule has 0 unspecified atom stereocenters. The van der Waals surface area contributed by atoms with E-state index in [1.807, 2.05) is 37.4 Å². The summed E-state index contributed by atoms with van der Waals surface area (Å²) >= 11 is 0. The third kappa shape index (κ3) is 3.35. The number of methoxy groups -OCH3 is 1. The topological polar surface area (TPSA) is 62.4 Å². The van der Waals surface area contributed by atoms with Crippen LogP contribution < -0.4 is 4.74 Å². The number of nitrogens with zero attached hydrogens (tertiary/aromatic N) is 1. The summed E-state index contributed by atoms with van der Waals surface area (Å²) in [5.74, 6) is 1.07. The Hall–Kier alpha value is -1.79. The zero-order valence-electron chi connectivity index (χ0n) is 14.2. The molecule has 1 N–H and O–H groups in total. The van der Waals surface area contributed by atoms with Gasteiger partial charge in [-0.1, -0.05) is 19.4 Å². The number of hydrogen-bond acceptors (Lipinski definition) is 3. The van der Waals surface area contributed by atoms with Crippen molar-refractivity contribution in [2.45, 2.75) is 26.2 Å². The summed E-state index contributed by atoms with van der Waals surface area (Å²) in [6.45, 7) is 3.02. The number of H-pyrrole nitrogens is 1. The Labute approximate surface area is 143 Å². The van der Waals surface area contributed by atoms with Gasteiger partial charge in [0.1, 0.15) is 5.75 Å². The molecular formula is C18H24N2O3S. The van der Waals surface area contributed by atoms with E-state index < -0.39 is 10.0 Å². The van der Waals surface area contributed by atoms with Crippen LogP contribution in [0.5, 0.6) is 5.75 Å². The Balaban J connectivity index is 1.83. The maximum Gasteiger partial charge on any atom is 0.214 e. The van der Waals surface area contributed by atoms with Gasteiger partial charge < -0.3 is 9.72 Å². The van der Waals surface area contributed by atoms with E-state index in [0.717, 1.165) is 41.5 Å². The van der Waals surface area contributed by atoms with Crippen molar-refractivity contribution < 1.29 is 13.2 Å². The summed E-state index contributed by atoms with van der Waals surface area (Å²) in [6.07, 6.45) is 6.38. The van der Waals surface area contributed by atoms with Crippen LogP contribution in [-0.4, -0.2) is 43.7 Å². The first-order valence-electron chi connectivity index (χ1n) is 8.37. The van der Waals surface area contributed by atoms with Crippen LogP contribution in [0.4, 0.5) is 0 Å². The molecule has 0 radical (unpaired) electrons. The number of aromatic nitrogens is 1. The molecule has 3 rings (SSSR count). The van der Waals surface area contributed by atoms with E-state index in [-0.39, 0.29) is 5.75 Å². The molecule has 0 bridgehead atoms. The van der Waals surface area contributed by atoms with Gasteiger partial charge >= 0.3 is 0 Å². The van der Waals surface area contributed by atoms with E-state index in [0.29, 0.717) is 13.1 Å². The average molecular weight is 348 g/mol. The maximum absolute atomic E-state index is 12.3. The lowest BCUT2D eigenvalue weighted by Gasteiger charge is -2.25. The van der Waals surface area contributed by atoms with Crippen LogP contribution in [-0.2, 0) is 10.0 Å². The lowest BCUT2D eigenvalue weighted by atomic mass is 9.99. The fraction of sp³-hybridized carbons (Fsp3) is 0.444. The van der Waals surface area contributed by atoms with Gasteiger partial charge in [0.05, 0.1) is 12.9 Å². The Bertz CT molecular complexity index is 852. The number of rotatable bonds is 6. The Kier molecular flexibility index (Phi) is 4.96. The minimum atomic E-state index is -3.13. The molecule has 6 heteroatoms. The molecule has 2 heterocycles. The van der Waals surface area contributed by atoms with Gasteiger partial charge in [-0.05, 0) is 36.6 Å². The standard InChI is InChI=1S/C18H24N2O3S/c1-3-4-11-24(21,22)20-9-7-14(8-10-20)17-13-19-18-6-5-15(23-2)12-16(17)18/h5-7,12-13,19H,3-4,8-11H2,1-2H3. The van der Waals surface area contributed by atoms with Crippen molar-refractivity contribution in [1.29, 1.82) is 0 Å². The van der Waals surface area contributed by atoms with Gasteiger partial charge in [0.15, 0.2) is 0 Å². The molecule has 1 aromatic heterocycles. The van der Waals surface area contributed by atoms with E-state index in [1.54, 1.807) is 11.4 Å². The molecule has 0 atom stereocenters. The number of sulfonamides is 1. The number of unbranched alkanes of at least 4 members (excludes halogenated alkanes) is 1. The monoisotopic (exact) mass is 348 g/mol. The second kappa shape index (κ2) is 6.99. The molecule has 1 aliphatic heterocycles.